The zero-order valence-corrected chi connectivity index (χ0v) is 17.6. The van der Waals surface area contributed by atoms with Crippen LogP contribution in [-0.4, -0.2) is 27.9 Å². The van der Waals surface area contributed by atoms with Crippen LogP contribution in [0.4, 0.5) is 0 Å². The lowest BCUT2D eigenvalue weighted by molar-refractivity contribution is 0.100. The number of primary amides is 1. The average molecular weight is 440 g/mol. The maximum Gasteiger partial charge on any atom is 0.248 e. The summed E-state index contributed by atoms with van der Waals surface area (Å²) in [4.78, 5) is 18.4. The summed E-state index contributed by atoms with van der Waals surface area (Å²) < 4.78 is 1.36. The molecule has 5 heteroatoms. The number of piperidine rings is 1. The second-order valence-corrected chi connectivity index (χ2v) is 8.81. The monoisotopic (exact) mass is 439 g/mol. The highest BCUT2D eigenvalue weighted by molar-refractivity contribution is 9.11. The Morgan fingerprint density at radius 3 is 2.43 bits per heavy atom. The van der Waals surface area contributed by atoms with Gasteiger partial charge in [-0.05, 0) is 72.8 Å². The Hall–Kier alpha value is -1.98. The molecule has 1 aromatic carbocycles. The van der Waals surface area contributed by atoms with Crippen molar-refractivity contribution in [2.75, 3.05) is 0 Å². The first-order chi connectivity index (χ1) is 13.6. The van der Waals surface area contributed by atoms with Crippen LogP contribution in [0.2, 0.25) is 0 Å². The van der Waals surface area contributed by atoms with E-state index in [-0.39, 0.29) is 5.91 Å². The van der Waals surface area contributed by atoms with Crippen LogP contribution in [-0.2, 0) is 13.0 Å². The van der Waals surface area contributed by atoms with Crippen molar-refractivity contribution in [2.24, 2.45) is 5.73 Å². The van der Waals surface area contributed by atoms with Crippen LogP contribution >= 0.6 is 15.9 Å². The Labute approximate surface area is 175 Å². The third kappa shape index (κ3) is 4.36. The molecule has 2 aromatic rings. The Bertz CT molecular complexity index is 847. The van der Waals surface area contributed by atoms with Gasteiger partial charge in [0.1, 0.15) is 0 Å². The molecule has 4 rings (SSSR count). The van der Waals surface area contributed by atoms with Crippen molar-refractivity contribution in [3.63, 3.8) is 0 Å². The topological polar surface area (TPSA) is 59.2 Å². The van der Waals surface area contributed by atoms with Crippen LogP contribution in [0.3, 0.4) is 0 Å². The molecule has 2 N–H and O–H groups in total. The predicted octanol–water partition coefficient (Wildman–Crippen LogP) is 4.59. The van der Waals surface area contributed by atoms with Gasteiger partial charge in [0.15, 0.2) is 0 Å². The third-order valence-electron chi connectivity index (χ3n) is 6.06. The lowest BCUT2D eigenvalue weighted by Gasteiger charge is -2.36. The van der Waals surface area contributed by atoms with Crippen molar-refractivity contribution in [2.45, 2.75) is 57.2 Å². The summed E-state index contributed by atoms with van der Waals surface area (Å²) in [6, 6.07) is 15.1. The zero-order chi connectivity index (χ0) is 19.5. The van der Waals surface area contributed by atoms with Crippen molar-refractivity contribution < 1.29 is 4.79 Å². The van der Waals surface area contributed by atoms with E-state index in [1.165, 1.54) is 28.6 Å². The number of carbonyl (C=O) groups excluding carboxylic acids is 1. The summed E-state index contributed by atoms with van der Waals surface area (Å²) in [5.74, 6) is -0.372. The first-order valence-corrected chi connectivity index (χ1v) is 10.8. The molecular weight excluding hydrogens is 414 g/mol. The summed E-state index contributed by atoms with van der Waals surface area (Å²) in [6.07, 6.45) is 8.75. The fraction of sp³-hybridized carbons (Fsp3) is 0.391. The molecule has 28 heavy (non-hydrogen) atoms. The van der Waals surface area contributed by atoms with E-state index in [0.717, 1.165) is 32.2 Å². The summed E-state index contributed by atoms with van der Waals surface area (Å²) >= 11 is 3.88. The van der Waals surface area contributed by atoms with Gasteiger partial charge in [-0.3, -0.25) is 14.7 Å². The maximum atomic E-state index is 11.2. The molecule has 1 aromatic heterocycles. The molecule has 3 heterocycles. The number of rotatable bonds is 6. The molecule has 0 saturated carbocycles. The van der Waals surface area contributed by atoms with Crippen LogP contribution in [0.5, 0.6) is 0 Å². The molecule has 1 amide bonds. The SMILES string of the molecule is NC(=O)c1ccc(CCC(Br)=C2CC3CCC(C2)N3Cc2ccccn2)cc1. The number of hydrogen-bond acceptors (Lipinski definition) is 3. The van der Waals surface area contributed by atoms with Crippen molar-refractivity contribution in [1.29, 1.82) is 0 Å². The van der Waals surface area contributed by atoms with Crippen LogP contribution in [0.25, 0.3) is 0 Å². The molecule has 2 fully saturated rings. The van der Waals surface area contributed by atoms with E-state index < -0.39 is 0 Å². The molecule has 2 saturated heterocycles. The molecule has 2 bridgehead atoms. The summed E-state index contributed by atoms with van der Waals surface area (Å²) in [5.41, 5.74) is 9.87. The smallest absolute Gasteiger partial charge is 0.248 e. The quantitative estimate of drug-likeness (QED) is 0.715. The minimum absolute atomic E-state index is 0.372. The van der Waals surface area contributed by atoms with Crippen molar-refractivity contribution >= 4 is 21.8 Å². The summed E-state index contributed by atoms with van der Waals surface area (Å²) in [5, 5.41) is 0. The minimum atomic E-state index is -0.372. The Morgan fingerprint density at radius 1 is 1.11 bits per heavy atom. The normalized spacial score (nSPS) is 21.7. The lowest BCUT2D eigenvalue weighted by Crippen LogP contribution is -2.40. The number of nitrogens with two attached hydrogens (primary N) is 1. The average Bonchev–Trinajstić information content (AvgIpc) is 2.94. The Kier molecular flexibility index (Phi) is 5.93. The highest BCUT2D eigenvalue weighted by Gasteiger charge is 2.39. The molecule has 4 nitrogen and oxygen atoms in total. The number of aromatic nitrogens is 1. The highest BCUT2D eigenvalue weighted by Crippen LogP contribution is 2.41. The number of aryl methyl sites for hydroxylation is 1. The van der Waals surface area contributed by atoms with Gasteiger partial charge in [0.2, 0.25) is 5.91 Å². The largest absolute Gasteiger partial charge is 0.366 e. The molecule has 146 valence electrons. The van der Waals surface area contributed by atoms with Gasteiger partial charge >= 0.3 is 0 Å². The number of benzene rings is 1. The van der Waals surface area contributed by atoms with Crippen LogP contribution < -0.4 is 5.73 Å². The third-order valence-corrected chi connectivity index (χ3v) is 7.02. The number of fused-ring (bicyclic) bond motifs is 2. The van der Waals surface area contributed by atoms with Gasteiger partial charge in [0, 0.05) is 30.4 Å². The maximum absolute atomic E-state index is 11.2. The van der Waals surface area contributed by atoms with Gasteiger partial charge < -0.3 is 5.73 Å². The van der Waals surface area contributed by atoms with E-state index in [2.05, 4.69) is 37.9 Å². The highest BCUT2D eigenvalue weighted by atomic mass is 79.9. The lowest BCUT2D eigenvalue weighted by atomic mass is 9.94. The van der Waals surface area contributed by atoms with E-state index >= 15 is 0 Å². The van der Waals surface area contributed by atoms with Crippen LogP contribution in [0, 0.1) is 0 Å². The fourth-order valence-corrected chi connectivity index (χ4v) is 5.05. The summed E-state index contributed by atoms with van der Waals surface area (Å²) in [7, 11) is 0. The molecule has 2 aliphatic heterocycles. The van der Waals surface area contributed by atoms with E-state index in [4.69, 9.17) is 5.73 Å². The van der Waals surface area contributed by atoms with Crippen LogP contribution in [0.1, 0.15) is 53.7 Å². The number of nitrogens with zero attached hydrogens (tertiary/aromatic N) is 2. The molecule has 2 unspecified atom stereocenters. The number of amides is 1. The Balaban J connectivity index is 1.37. The zero-order valence-electron chi connectivity index (χ0n) is 16.0. The molecule has 2 aliphatic rings. The van der Waals surface area contributed by atoms with Crippen molar-refractivity contribution in [1.82, 2.24) is 9.88 Å². The van der Waals surface area contributed by atoms with E-state index in [1.54, 1.807) is 5.57 Å². The minimum Gasteiger partial charge on any atom is -0.366 e. The van der Waals surface area contributed by atoms with Crippen molar-refractivity contribution in [3.05, 3.63) is 75.5 Å². The van der Waals surface area contributed by atoms with Gasteiger partial charge in [0.25, 0.3) is 0 Å². The predicted molar refractivity (Wildman–Crippen MR) is 115 cm³/mol. The molecule has 0 spiro atoms. The first kappa shape index (κ1) is 19.3. The van der Waals surface area contributed by atoms with E-state index in [0.29, 0.717) is 17.6 Å². The number of allylic oxidation sites excluding steroid dienone is 1. The molecular formula is C23H26BrN3O. The fourth-order valence-electron chi connectivity index (χ4n) is 4.53. The number of pyridine rings is 1. The van der Waals surface area contributed by atoms with Gasteiger partial charge in [-0.2, -0.15) is 0 Å². The second kappa shape index (κ2) is 8.58. The van der Waals surface area contributed by atoms with Gasteiger partial charge in [-0.25, -0.2) is 0 Å². The molecule has 2 atom stereocenters. The van der Waals surface area contributed by atoms with Gasteiger partial charge in [0.05, 0.1) is 5.69 Å². The summed E-state index contributed by atoms with van der Waals surface area (Å²) in [6.45, 7) is 0.966. The second-order valence-electron chi connectivity index (χ2n) is 7.86. The van der Waals surface area contributed by atoms with E-state index in [1.807, 2.05) is 36.5 Å². The Morgan fingerprint density at radius 2 is 1.82 bits per heavy atom. The number of carbonyl (C=O) groups is 1. The van der Waals surface area contributed by atoms with Crippen LogP contribution in [0.15, 0.2) is 58.7 Å². The standard InChI is InChI=1S/C23H26BrN3O/c24-22(11-6-16-4-7-17(8-5-16)23(25)28)18-13-20-9-10-21(14-18)27(20)15-19-3-1-2-12-26-19/h1-5,7-8,12,20-21H,6,9-11,13-15H2,(H2,25,28). The first-order valence-electron chi connectivity index (χ1n) is 10.0. The van der Waals surface area contributed by atoms with Crippen molar-refractivity contribution in [3.8, 4) is 0 Å². The number of halogens is 1. The van der Waals surface area contributed by atoms with E-state index in [9.17, 15) is 4.79 Å². The molecule has 0 aliphatic carbocycles. The van der Waals surface area contributed by atoms with Gasteiger partial charge in [-0.15, -0.1) is 0 Å². The van der Waals surface area contributed by atoms with Gasteiger partial charge in [-0.1, -0.05) is 39.7 Å². The molecule has 0 radical (unpaired) electrons. The number of hydrogen-bond donors (Lipinski definition) is 1.